The van der Waals surface area contributed by atoms with Crippen molar-refractivity contribution < 1.29 is 99.3 Å². The van der Waals surface area contributed by atoms with Crippen LogP contribution in [0.1, 0.15) is 99.3 Å². The molecule has 4 unspecified atom stereocenters. The molecule has 4 heterocycles. The van der Waals surface area contributed by atoms with Crippen molar-refractivity contribution in [2.24, 2.45) is 23.0 Å². The first-order valence-electron chi connectivity index (χ1n) is 25.9. The number of ether oxygens (including phenoxy) is 6. The second kappa shape index (κ2) is 30.0. The summed E-state index contributed by atoms with van der Waals surface area (Å²) in [6.07, 6.45) is -0.563. The Balaban J connectivity index is 1.59. The molecule has 0 aromatic rings. The SMILES string of the molecule is CC1OC(O[C@H]2[C@@H](C)[C@H](C)OC(=O)C[C@H](O)C[C@H](O)CC[C@@H](O)[C@H](O)C[C@H](O)C[C@]3(O)C[C@H](O)[C@@H](C(=O)O)[C@H](C[C@@H](O[C@@H]4O[C@H](C)[C@@H](O)[C@H](N)[C@@H]4O)/C=C/C=C/C=C/C=C/C=C/C=C/C=C/C2(C)C)O3)CC(O)C1O. The number of carboxylic acids is 1. The van der Waals surface area contributed by atoms with Gasteiger partial charge in [0.05, 0.1) is 91.8 Å². The van der Waals surface area contributed by atoms with Crippen LogP contribution < -0.4 is 5.73 Å². The molecule has 4 rings (SSSR count). The highest BCUT2D eigenvalue weighted by molar-refractivity contribution is 5.71. The molecule has 0 saturated carbocycles. The average Bonchev–Trinajstić information content (AvgIpc) is 3.31. The predicted octanol–water partition coefficient (Wildman–Crippen LogP) is 0.983. The van der Waals surface area contributed by atoms with Crippen LogP contribution in [0.2, 0.25) is 0 Å². The minimum absolute atomic E-state index is 0.00180. The highest BCUT2D eigenvalue weighted by Crippen LogP contribution is 2.39. The van der Waals surface area contributed by atoms with Gasteiger partial charge in [-0.1, -0.05) is 106 Å². The molecule has 3 fully saturated rings. The van der Waals surface area contributed by atoms with Crippen molar-refractivity contribution >= 4 is 11.9 Å². The van der Waals surface area contributed by atoms with E-state index >= 15 is 0 Å². The van der Waals surface area contributed by atoms with Gasteiger partial charge in [0.2, 0.25) is 0 Å². The van der Waals surface area contributed by atoms with Gasteiger partial charge in [0.25, 0.3) is 0 Å². The third-order valence-electron chi connectivity index (χ3n) is 14.2. The lowest BCUT2D eigenvalue weighted by Crippen LogP contribution is -2.61. The van der Waals surface area contributed by atoms with Gasteiger partial charge in [0.15, 0.2) is 18.4 Å². The van der Waals surface area contributed by atoms with E-state index in [2.05, 4.69) is 0 Å². The van der Waals surface area contributed by atoms with Crippen molar-refractivity contribution in [3.63, 3.8) is 0 Å². The fourth-order valence-electron chi connectivity index (χ4n) is 9.76. The zero-order valence-electron chi connectivity index (χ0n) is 43.8. The van der Waals surface area contributed by atoms with Crippen LogP contribution in [0.3, 0.4) is 0 Å². The Hall–Kier alpha value is -3.56. The summed E-state index contributed by atoms with van der Waals surface area (Å²) >= 11 is 0. The molecule has 0 spiro atoms. The smallest absolute Gasteiger partial charge is 0.311 e. The van der Waals surface area contributed by atoms with Crippen LogP contribution in [0, 0.1) is 17.3 Å². The number of cyclic esters (lactones) is 1. The number of esters is 1. The molecule has 0 aromatic heterocycles. The number of carboxylic acid groups (broad SMARTS) is 1. The quantitative estimate of drug-likeness (QED) is 0.171. The lowest BCUT2D eigenvalue weighted by atomic mass is 9.77. The highest BCUT2D eigenvalue weighted by Gasteiger charge is 2.51. The summed E-state index contributed by atoms with van der Waals surface area (Å²) in [6, 6.07) is -1.16. The van der Waals surface area contributed by atoms with E-state index in [1.165, 1.54) is 13.0 Å². The van der Waals surface area contributed by atoms with Gasteiger partial charge in [-0.3, -0.25) is 9.59 Å². The van der Waals surface area contributed by atoms with Gasteiger partial charge in [-0.25, -0.2) is 0 Å². The number of carbonyl (C=O) groups is 2. The molecule has 4 aliphatic rings. The van der Waals surface area contributed by atoms with Crippen LogP contribution in [-0.2, 0) is 38.0 Å². The van der Waals surface area contributed by atoms with Crippen LogP contribution in [-0.4, -0.2) is 195 Å². The molecule has 0 amide bonds. The third kappa shape index (κ3) is 20.0. The third-order valence-corrected chi connectivity index (χ3v) is 14.2. The van der Waals surface area contributed by atoms with Crippen LogP contribution in [0.15, 0.2) is 85.1 Å². The topological polar surface area (TPSA) is 358 Å². The number of rotatable bonds is 5. The molecule has 14 N–H and O–H groups in total. The van der Waals surface area contributed by atoms with Gasteiger partial charge in [0.1, 0.15) is 24.2 Å². The lowest BCUT2D eigenvalue weighted by molar-refractivity contribution is -0.308. The molecule has 21 nitrogen and oxygen atoms in total. The molecule has 0 radical (unpaired) electrons. The molecule has 0 aliphatic carbocycles. The summed E-state index contributed by atoms with van der Waals surface area (Å²) in [5.41, 5.74) is 5.33. The normalized spacial score (nSPS) is 45.9. The Kier molecular flexibility index (Phi) is 25.6. The highest BCUT2D eigenvalue weighted by atomic mass is 16.7. The number of aliphatic carboxylic acids is 1. The molecule has 0 aromatic carbocycles. The first kappa shape index (κ1) is 64.0. The molecule has 3 saturated heterocycles. The minimum Gasteiger partial charge on any atom is -0.481 e. The summed E-state index contributed by atoms with van der Waals surface area (Å²) in [5, 5.41) is 129. The summed E-state index contributed by atoms with van der Waals surface area (Å²) in [7, 11) is 0. The second-order valence-corrected chi connectivity index (χ2v) is 21.1. The Morgan fingerprint density at radius 2 is 1.21 bits per heavy atom. The second-order valence-electron chi connectivity index (χ2n) is 21.1. The van der Waals surface area contributed by atoms with Gasteiger partial charge in [-0.2, -0.15) is 0 Å². The Morgan fingerprint density at radius 1 is 0.627 bits per heavy atom. The van der Waals surface area contributed by atoms with E-state index in [9.17, 15) is 70.9 Å². The van der Waals surface area contributed by atoms with Gasteiger partial charge in [0, 0.05) is 43.4 Å². The first-order valence-corrected chi connectivity index (χ1v) is 25.9. The van der Waals surface area contributed by atoms with Crippen LogP contribution in [0.5, 0.6) is 0 Å². The summed E-state index contributed by atoms with van der Waals surface area (Å²) < 4.78 is 35.9. The Morgan fingerprint density at radius 3 is 1.81 bits per heavy atom. The standard InChI is InChI=1S/C54H85NO20/c1-30-31(2)70-43(63)25-35(57)23-34(56)20-21-38(59)39(60)24-36(58)28-54(69)29-41(62)45(51(67)68)42(75-54)26-37(73-52-49(66)46(55)48(65)33(4)72-52)19-17-15-13-11-9-7-8-10-12-14-16-18-22-53(5,6)50(30)74-44-27-40(61)47(64)32(3)71-44/h7-19,22,30-42,44-50,52,56-62,64-66,69H,20-21,23-29,55H2,1-6H3,(H,67,68)/b8-7+,11-9+,12-10+,15-13+,16-14+,19-17+,22-18+/t30-,31-,32?,33+,34+,35+,36-,37-,38+,39+,40?,41-,42-,44?,45+,46-,47?,48+,49-,50-,52-,54+/m0/s1. The van der Waals surface area contributed by atoms with Gasteiger partial charge in [-0.05, 0) is 40.0 Å². The fraction of sp³-hybridized carbons (Fsp3) is 0.704. The number of hydrogen-bond acceptors (Lipinski definition) is 20. The maximum atomic E-state index is 13.2. The van der Waals surface area contributed by atoms with Crippen molar-refractivity contribution in [1.82, 2.24) is 0 Å². The maximum absolute atomic E-state index is 13.2. The largest absolute Gasteiger partial charge is 0.481 e. The monoisotopic (exact) mass is 1070 g/mol. The van der Waals surface area contributed by atoms with Crippen molar-refractivity contribution in [3.05, 3.63) is 85.1 Å². The van der Waals surface area contributed by atoms with E-state index < -0.39 is 177 Å². The number of allylic oxidation sites excluding steroid dienone is 12. The summed E-state index contributed by atoms with van der Waals surface area (Å²) in [6.45, 7) is 10.5. The molecule has 21 heteroatoms. The maximum Gasteiger partial charge on any atom is 0.311 e. The van der Waals surface area contributed by atoms with Crippen LogP contribution in [0.4, 0.5) is 0 Å². The van der Waals surface area contributed by atoms with E-state index in [0.717, 1.165) is 0 Å². The fourth-order valence-corrected chi connectivity index (χ4v) is 9.76. The molecule has 75 heavy (non-hydrogen) atoms. The zero-order valence-corrected chi connectivity index (χ0v) is 43.8. The summed E-state index contributed by atoms with van der Waals surface area (Å²) in [4.78, 5) is 25.7. The van der Waals surface area contributed by atoms with Crippen molar-refractivity contribution in [1.29, 1.82) is 0 Å². The van der Waals surface area contributed by atoms with Crippen LogP contribution in [0.25, 0.3) is 0 Å². The average molecular weight is 1070 g/mol. The lowest BCUT2D eigenvalue weighted by Gasteiger charge is -2.45. The van der Waals surface area contributed by atoms with E-state index in [1.54, 1.807) is 62.5 Å². The first-order chi connectivity index (χ1) is 35.2. The number of nitrogens with two attached hydrogens (primary N) is 1. The van der Waals surface area contributed by atoms with Gasteiger partial charge >= 0.3 is 11.9 Å². The number of aliphatic hydroxyl groups excluding tert-OH is 10. The Labute approximate surface area is 439 Å². The van der Waals surface area contributed by atoms with E-state index in [1.807, 2.05) is 51.2 Å². The van der Waals surface area contributed by atoms with Crippen molar-refractivity contribution in [3.8, 4) is 0 Å². The van der Waals surface area contributed by atoms with Crippen molar-refractivity contribution in [2.45, 2.75) is 221 Å². The molecule has 22 atom stereocenters. The number of hydrogen-bond donors (Lipinski definition) is 13. The number of fused-ring (bicyclic) bond motifs is 2. The van der Waals surface area contributed by atoms with Crippen LogP contribution >= 0.6 is 0 Å². The van der Waals surface area contributed by atoms with E-state index in [4.69, 9.17) is 34.2 Å². The van der Waals surface area contributed by atoms with Gasteiger partial charge in [-0.15, -0.1) is 0 Å². The number of carbonyl (C=O) groups excluding carboxylic acids is 1. The minimum atomic E-state index is -2.35. The molecular formula is C54H85NO20. The summed E-state index contributed by atoms with van der Waals surface area (Å²) in [5.74, 6) is -6.65. The van der Waals surface area contributed by atoms with Gasteiger partial charge < -0.3 is 95.4 Å². The van der Waals surface area contributed by atoms with E-state index in [0.29, 0.717) is 0 Å². The molecule has 2 bridgehead atoms. The number of aliphatic hydroxyl groups is 11. The molecular weight excluding hydrogens is 983 g/mol. The molecule has 4 aliphatic heterocycles. The van der Waals surface area contributed by atoms with Crippen molar-refractivity contribution in [2.75, 3.05) is 0 Å². The van der Waals surface area contributed by atoms with E-state index in [-0.39, 0.29) is 32.1 Å². The Bertz CT molecular complexity index is 1960. The zero-order chi connectivity index (χ0) is 55.8. The predicted molar refractivity (Wildman–Crippen MR) is 271 cm³/mol. The molecule has 426 valence electrons.